The van der Waals surface area contributed by atoms with Gasteiger partial charge in [0.05, 0.1) is 22.4 Å². The van der Waals surface area contributed by atoms with Crippen LogP contribution in [-0.4, -0.2) is 14.5 Å². The fraction of sp³-hybridized carbons (Fsp3) is 0. The van der Waals surface area contributed by atoms with Gasteiger partial charge in [-0.05, 0) is 131 Å². The van der Waals surface area contributed by atoms with Gasteiger partial charge in [0.2, 0.25) is 0 Å². The standard InChI is InChI=1S/C70H49N5/c1-7-20-52(21-8-1)66-49-67(72-70(71-66)54-22-9-2-10-23-54)53-36-34-50(35-37-53)55-24-19-25-56(46-55)51-38-40-61(41-39-51)75-68-44-42-62(73(57-26-11-3-12-27-57)58-28-13-4-14-29-58)47-64(68)65-48-63(43-45-69(65)75)74(59-30-15-5-16-31-59)60-32-17-6-18-33-60/h1-49H. The molecule has 0 saturated heterocycles. The highest BCUT2D eigenvalue weighted by Gasteiger charge is 2.20. The molecule has 354 valence electrons. The van der Waals surface area contributed by atoms with Gasteiger partial charge >= 0.3 is 0 Å². The first-order chi connectivity index (χ1) is 37.2. The molecule has 0 N–H and O–H groups in total. The third-order valence-electron chi connectivity index (χ3n) is 14.0. The zero-order valence-electron chi connectivity index (χ0n) is 41.0. The second kappa shape index (κ2) is 19.8. The second-order valence-corrected chi connectivity index (χ2v) is 18.7. The van der Waals surface area contributed by atoms with Gasteiger partial charge in [-0.2, -0.15) is 0 Å². The van der Waals surface area contributed by atoms with Gasteiger partial charge in [0.1, 0.15) is 0 Å². The molecule has 0 aliphatic carbocycles. The number of hydrogen-bond acceptors (Lipinski definition) is 4. The lowest BCUT2D eigenvalue weighted by atomic mass is 9.97. The van der Waals surface area contributed by atoms with Crippen LogP contribution >= 0.6 is 0 Å². The summed E-state index contributed by atoms with van der Waals surface area (Å²) in [4.78, 5) is 14.7. The number of fused-ring (bicyclic) bond motifs is 3. The number of nitrogens with zero attached hydrogens (tertiary/aromatic N) is 5. The molecule has 0 saturated carbocycles. The van der Waals surface area contributed by atoms with Crippen molar-refractivity contribution >= 4 is 55.9 Å². The van der Waals surface area contributed by atoms with E-state index in [1.807, 2.05) is 36.4 Å². The SMILES string of the molecule is c1ccc(-c2cc(-c3ccc(-c4cccc(-c5ccc(-n6c7ccc(N(c8ccccc8)c8ccccc8)cc7c7cc(N(c8ccccc8)c8ccccc8)ccc76)cc5)c4)cc3)nc(-c3ccccc3)n2)cc1. The quantitative estimate of drug-likeness (QED) is 0.122. The minimum absolute atomic E-state index is 0.708. The largest absolute Gasteiger partial charge is 0.310 e. The zero-order chi connectivity index (χ0) is 49.9. The van der Waals surface area contributed by atoms with Crippen LogP contribution in [0.3, 0.4) is 0 Å². The van der Waals surface area contributed by atoms with E-state index in [9.17, 15) is 0 Å². The van der Waals surface area contributed by atoms with Crippen LogP contribution in [-0.2, 0) is 0 Å². The molecular formula is C70H49N5. The number of benzene rings is 11. The van der Waals surface area contributed by atoms with Crippen LogP contribution in [0.25, 0.3) is 83.6 Å². The number of anilines is 6. The van der Waals surface area contributed by atoms with Crippen LogP contribution in [0.4, 0.5) is 34.1 Å². The smallest absolute Gasteiger partial charge is 0.160 e. The maximum atomic E-state index is 5.06. The average Bonchev–Trinajstić information content (AvgIpc) is 3.82. The Morgan fingerprint density at radius 1 is 0.240 bits per heavy atom. The van der Waals surface area contributed by atoms with Crippen molar-refractivity contribution in [3.63, 3.8) is 0 Å². The molecule has 0 radical (unpaired) electrons. The van der Waals surface area contributed by atoms with Gasteiger partial charge in [-0.15, -0.1) is 0 Å². The lowest BCUT2D eigenvalue weighted by Gasteiger charge is -2.26. The van der Waals surface area contributed by atoms with Crippen LogP contribution in [0.15, 0.2) is 297 Å². The molecule has 11 aromatic carbocycles. The van der Waals surface area contributed by atoms with Gasteiger partial charge in [-0.1, -0.05) is 188 Å². The predicted molar refractivity (Wildman–Crippen MR) is 313 cm³/mol. The van der Waals surface area contributed by atoms with Gasteiger partial charge in [0, 0.05) is 67.3 Å². The summed E-state index contributed by atoms with van der Waals surface area (Å²) in [5.41, 5.74) is 19.4. The topological polar surface area (TPSA) is 37.2 Å². The van der Waals surface area contributed by atoms with Crippen molar-refractivity contribution in [3.8, 4) is 61.8 Å². The normalized spacial score (nSPS) is 11.2. The molecule has 2 aromatic heterocycles. The highest BCUT2D eigenvalue weighted by Crippen LogP contribution is 2.43. The van der Waals surface area contributed by atoms with Crippen molar-refractivity contribution in [1.82, 2.24) is 14.5 Å². The molecular weight excluding hydrogens is 911 g/mol. The summed E-state index contributed by atoms with van der Waals surface area (Å²) in [5.74, 6) is 0.708. The third kappa shape index (κ3) is 8.90. The van der Waals surface area contributed by atoms with Crippen LogP contribution in [0.5, 0.6) is 0 Å². The zero-order valence-corrected chi connectivity index (χ0v) is 41.0. The molecule has 5 heteroatoms. The van der Waals surface area contributed by atoms with Crippen molar-refractivity contribution in [2.24, 2.45) is 0 Å². The molecule has 0 unspecified atom stereocenters. The minimum atomic E-state index is 0.708. The molecule has 5 nitrogen and oxygen atoms in total. The van der Waals surface area contributed by atoms with Gasteiger partial charge in [-0.25, -0.2) is 9.97 Å². The van der Waals surface area contributed by atoms with E-state index < -0.39 is 0 Å². The molecule has 75 heavy (non-hydrogen) atoms. The molecule has 0 aliphatic heterocycles. The lowest BCUT2D eigenvalue weighted by Crippen LogP contribution is -2.09. The summed E-state index contributed by atoms with van der Waals surface area (Å²) >= 11 is 0. The first kappa shape index (κ1) is 44.8. The summed E-state index contributed by atoms with van der Waals surface area (Å²) < 4.78 is 2.41. The van der Waals surface area contributed by atoms with E-state index in [1.54, 1.807) is 0 Å². The molecule has 0 spiro atoms. The van der Waals surface area contributed by atoms with Crippen LogP contribution < -0.4 is 9.80 Å². The third-order valence-corrected chi connectivity index (χ3v) is 14.0. The summed E-state index contributed by atoms with van der Waals surface area (Å²) in [6, 6.07) is 105. The van der Waals surface area contributed by atoms with E-state index in [2.05, 4.69) is 275 Å². The second-order valence-electron chi connectivity index (χ2n) is 18.7. The summed E-state index contributed by atoms with van der Waals surface area (Å²) in [5, 5.41) is 2.33. The Balaban J connectivity index is 0.871. The number of rotatable bonds is 12. The van der Waals surface area contributed by atoms with E-state index in [0.717, 1.165) is 112 Å². The molecule has 0 aliphatic rings. The summed E-state index contributed by atoms with van der Waals surface area (Å²) in [6.45, 7) is 0. The van der Waals surface area contributed by atoms with E-state index in [1.165, 1.54) is 0 Å². The Hall–Kier alpha value is -10.1. The van der Waals surface area contributed by atoms with E-state index >= 15 is 0 Å². The van der Waals surface area contributed by atoms with Gasteiger partial charge in [0.15, 0.2) is 5.82 Å². The van der Waals surface area contributed by atoms with Gasteiger partial charge in [0.25, 0.3) is 0 Å². The molecule has 13 aromatic rings. The fourth-order valence-corrected chi connectivity index (χ4v) is 10.3. The van der Waals surface area contributed by atoms with Crippen LogP contribution in [0, 0.1) is 0 Å². The molecule has 2 heterocycles. The van der Waals surface area contributed by atoms with E-state index in [4.69, 9.17) is 9.97 Å². The van der Waals surface area contributed by atoms with Crippen LogP contribution in [0.1, 0.15) is 0 Å². The molecule has 0 amide bonds. The highest BCUT2D eigenvalue weighted by atomic mass is 15.1. The van der Waals surface area contributed by atoms with Gasteiger partial charge in [-0.3, -0.25) is 0 Å². The van der Waals surface area contributed by atoms with E-state index in [-0.39, 0.29) is 0 Å². The van der Waals surface area contributed by atoms with Crippen molar-refractivity contribution in [2.45, 2.75) is 0 Å². The lowest BCUT2D eigenvalue weighted by molar-refractivity contribution is 1.18. The predicted octanol–water partition coefficient (Wildman–Crippen LogP) is 18.8. The maximum absolute atomic E-state index is 5.06. The van der Waals surface area contributed by atoms with Crippen LogP contribution in [0.2, 0.25) is 0 Å². The fourth-order valence-electron chi connectivity index (χ4n) is 10.3. The first-order valence-corrected chi connectivity index (χ1v) is 25.4. The summed E-state index contributed by atoms with van der Waals surface area (Å²) in [7, 11) is 0. The highest BCUT2D eigenvalue weighted by molar-refractivity contribution is 6.12. The number of para-hydroxylation sites is 4. The first-order valence-electron chi connectivity index (χ1n) is 25.4. The Kier molecular flexibility index (Phi) is 11.9. The van der Waals surface area contributed by atoms with Crippen molar-refractivity contribution in [1.29, 1.82) is 0 Å². The summed E-state index contributed by atoms with van der Waals surface area (Å²) in [6.07, 6.45) is 0. The molecule has 0 bridgehead atoms. The van der Waals surface area contributed by atoms with Crippen molar-refractivity contribution < 1.29 is 0 Å². The van der Waals surface area contributed by atoms with Crippen molar-refractivity contribution in [2.75, 3.05) is 9.80 Å². The molecule has 0 fully saturated rings. The maximum Gasteiger partial charge on any atom is 0.160 e. The Morgan fingerprint density at radius 3 is 1.01 bits per heavy atom. The Labute approximate surface area is 437 Å². The van der Waals surface area contributed by atoms with E-state index in [0.29, 0.717) is 5.82 Å². The Bertz CT molecular complexity index is 3790. The van der Waals surface area contributed by atoms with Gasteiger partial charge < -0.3 is 14.4 Å². The average molecular weight is 960 g/mol. The Morgan fingerprint density at radius 2 is 0.587 bits per heavy atom. The monoisotopic (exact) mass is 959 g/mol. The number of aromatic nitrogens is 3. The molecule has 13 rings (SSSR count). The minimum Gasteiger partial charge on any atom is -0.310 e. The number of hydrogen-bond donors (Lipinski definition) is 0. The van der Waals surface area contributed by atoms with Crippen molar-refractivity contribution in [3.05, 3.63) is 297 Å². The molecule has 0 atom stereocenters.